The first-order valence-corrected chi connectivity index (χ1v) is 14.8. The lowest BCUT2D eigenvalue weighted by atomic mass is 9.93. The van der Waals surface area contributed by atoms with Crippen molar-refractivity contribution in [1.82, 2.24) is 9.97 Å². The summed E-state index contributed by atoms with van der Waals surface area (Å²) in [4.78, 5) is 9.02. The molecule has 42 heavy (non-hydrogen) atoms. The summed E-state index contributed by atoms with van der Waals surface area (Å²) in [5.74, 6) is 0. The van der Waals surface area contributed by atoms with Crippen molar-refractivity contribution in [2.45, 2.75) is 0 Å². The summed E-state index contributed by atoms with van der Waals surface area (Å²) in [5.41, 5.74) is 9.38. The van der Waals surface area contributed by atoms with Gasteiger partial charge < -0.3 is 4.42 Å². The molecule has 0 aliphatic heterocycles. The van der Waals surface area contributed by atoms with E-state index in [-0.39, 0.29) is 0 Å². The lowest BCUT2D eigenvalue weighted by molar-refractivity contribution is 0.653. The maximum Gasteiger partial charge on any atom is 0.246 e. The molecule has 0 saturated carbocycles. The smallest absolute Gasteiger partial charge is 0.246 e. The fraction of sp³-hybridized carbons (Fsp3) is 0. The van der Waals surface area contributed by atoms with E-state index in [1.807, 2.05) is 17.4 Å². The van der Waals surface area contributed by atoms with Gasteiger partial charge in [0.15, 0.2) is 0 Å². The molecule has 0 bridgehead atoms. The molecular formula is C38H22N2OS. The molecule has 0 saturated heterocycles. The van der Waals surface area contributed by atoms with E-state index in [1.54, 1.807) is 12.4 Å². The molecule has 0 unspecified atom stereocenters. The lowest BCUT2D eigenvalue weighted by Gasteiger charge is -2.11. The first-order chi connectivity index (χ1) is 20.8. The zero-order valence-electron chi connectivity index (χ0n) is 22.4. The van der Waals surface area contributed by atoms with Gasteiger partial charge in [0.2, 0.25) is 5.71 Å². The van der Waals surface area contributed by atoms with Crippen molar-refractivity contribution in [3.8, 4) is 33.4 Å². The average Bonchev–Trinajstić information content (AvgIpc) is 3.63. The number of aromatic nitrogens is 2. The van der Waals surface area contributed by atoms with Crippen molar-refractivity contribution < 1.29 is 4.42 Å². The van der Waals surface area contributed by atoms with Gasteiger partial charge in [0.05, 0.1) is 5.39 Å². The molecule has 196 valence electrons. The Bertz CT molecular complexity index is 2470. The number of hydrogen-bond donors (Lipinski definition) is 0. The van der Waals surface area contributed by atoms with Crippen molar-refractivity contribution in [3.63, 3.8) is 0 Å². The zero-order valence-corrected chi connectivity index (χ0v) is 23.2. The first-order valence-electron chi connectivity index (χ1n) is 14.0. The summed E-state index contributed by atoms with van der Waals surface area (Å²) >= 11 is 1.87. The molecule has 9 aromatic rings. The van der Waals surface area contributed by atoms with Crippen LogP contribution in [0.1, 0.15) is 0 Å². The van der Waals surface area contributed by atoms with E-state index in [1.165, 1.54) is 42.4 Å². The van der Waals surface area contributed by atoms with Gasteiger partial charge in [-0.3, -0.25) is 0 Å². The van der Waals surface area contributed by atoms with E-state index in [0.717, 1.165) is 38.4 Å². The molecule has 0 fully saturated rings. The Hall–Kier alpha value is -5.32. The van der Waals surface area contributed by atoms with Gasteiger partial charge in [0.1, 0.15) is 11.1 Å². The summed E-state index contributed by atoms with van der Waals surface area (Å²) < 4.78 is 8.71. The summed E-state index contributed by atoms with van der Waals surface area (Å²) in [6.45, 7) is 0. The largest absolute Gasteiger partial charge is 0.436 e. The quantitative estimate of drug-likeness (QED) is 0.218. The maximum absolute atomic E-state index is 6.05. The maximum atomic E-state index is 6.05. The van der Waals surface area contributed by atoms with E-state index in [2.05, 4.69) is 125 Å². The van der Waals surface area contributed by atoms with Crippen LogP contribution < -0.4 is 0 Å². The highest BCUT2D eigenvalue weighted by Gasteiger charge is 2.16. The number of hydrogen-bond acceptors (Lipinski definition) is 4. The molecule has 6 aromatic carbocycles. The number of thiophene rings is 1. The minimum absolute atomic E-state index is 0.566. The van der Waals surface area contributed by atoms with Gasteiger partial charge >= 0.3 is 0 Å². The van der Waals surface area contributed by atoms with Crippen molar-refractivity contribution in [1.29, 1.82) is 0 Å². The van der Waals surface area contributed by atoms with Gasteiger partial charge in [-0.05, 0) is 57.0 Å². The van der Waals surface area contributed by atoms with E-state index >= 15 is 0 Å². The Morgan fingerprint density at radius 2 is 1.29 bits per heavy atom. The third kappa shape index (κ3) is 3.52. The van der Waals surface area contributed by atoms with Crippen LogP contribution in [0.25, 0.3) is 86.5 Å². The van der Waals surface area contributed by atoms with Crippen LogP contribution in [0.4, 0.5) is 0 Å². The van der Waals surface area contributed by atoms with Crippen LogP contribution in [0, 0.1) is 0 Å². The second kappa shape index (κ2) is 9.10. The second-order valence-electron chi connectivity index (χ2n) is 10.6. The molecule has 0 radical (unpaired) electrons. The standard InChI is InChI=1S/C38H22N2OS/c1-2-13-33-30(9-1)31-12-5-11-29(37(31)42-33)27-8-3-7-26(22-27)23-14-16-24(17-15-23)28-10-4-6-25-18-19-32-35(34(25)28)36-38(41-32)40-21-20-39-36/h1-22H. The van der Waals surface area contributed by atoms with E-state index < -0.39 is 0 Å². The molecule has 0 aliphatic rings. The molecule has 3 heterocycles. The number of nitrogens with zero attached hydrogens (tertiary/aromatic N) is 2. The molecule has 0 spiro atoms. The van der Waals surface area contributed by atoms with Gasteiger partial charge in [-0.1, -0.05) is 103 Å². The summed E-state index contributed by atoms with van der Waals surface area (Å²) in [6.07, 6.45) is 3.40. The Morgan fingerprint density at radius 1 is 0.524 bits per heavy atom. The molecule has 3 aromatic heterocycles. The molecule has 0 N–H and O–H groups in total. The van der Waals surface area contributed by atoms with Gasteiger partial charge in [-0.15, -0.1) is 11.3 Å². The summed E-state index contributed by atoms with van der Waals surface area (Å²) in [7, 11) is 0. The number of benzene rings is 6. The fourth-order valence-corrected chi connectivity index (χ4v) is 7.52. The Labute approximate surface area is 245 Å². The molecular weight excluding hydrogens is 532 g/mol. The van der Waals surface area contributed by atoms with Gasteiger partial charge in [0, 0.05) is 38.0 Å². The predicted octanol–water partition coefficient (Wildman–Crippen LogP) is 10.9. The average molecular weight is 555 g/mol. The SMILES string of the molecule is c1cc(-c2ccc(-c3cccc4ccc5oc6nccnc6c5c34)cc2)cc(-c2cccc3c2sc2ccccc23)c1. The van der Waals surface area contributed by atoms with Crippen LogP contribution in [-0.2, 0) is 0 Å². The van der Waals surface area contributed by atoms with Crippen molar-refractivity contribution >= 4 is 64.5 Å². The second-order valence-corrected chi connectivity index (χ2v) is 11.6. The Kier molecular flexibility index (Phi) is 5.07. The fourth-order valence-electron chi connectivity index (χ4n) is 6.28. The molecule has 0 aliphatic carbocycles. The van der Waals surface area contributed by atoms with E-state index in [9.17, 15) is 0 Å². The first kappa shape index (κ1) is 23.4. The number of fused-ring (bicyclic) bond motifs is 8. The minimum atomic E-state index is 0.566. The minimum Gasteiger partial charge on any atom is -0.436 e. The van der Waals surface area contributed by atoms with E-state index in [4.69, 9.17) is 4.42 Å². The topological polar surface area (TPSA) is 38.9 Å². The molecule has 0 amide bonds. The normalized spacial score (nSPS) is 11.8. The highest BCUT2D eigenvalue weighted by atomic mass is 32.1. The van der Waals surface area contributed by atoms with Crippen molar-refractivity contribution in [3.05, 3.63) is 134 Å². The third-order valence-electron chi connectivity index (χ3n) is 8.22. The van der Waals surface area contributed by atoms with Crippen LogP contribution in [0.3, 0.4) is 0 Å². The highest BCUT2D eigenvalue weighted by Crippen LogP contribution is 2.41. The zero-order chi connectivity index (χ0) is 27.6. The van der Waals surface area contributed by atoms with Crippen molar-refractivity contribution in [2.24, 2.45) is 0 Å². The van der Waals surface area contributed by atoms with Gasteiger partial charge in [-0.2, -0.15) is 0 Å². The predicted molar refractivity (Wildman–Crippen MR) is 176 cm³/mol. The van der Waals surface area contributed by atoms with Crippen LogP contribution in [0.15, 0.2) is 138 Å². The van der Waals surface area contributed by atoms with Crippen LogP contribution >= 0.6 is 11.3 Å². The Morgan fingerprint density at radius 3 is 2.24 bits per heavy atom. The van der Waals surface area contributed by atoms with Gasteiger partial charge in [0.25, 0.3) is 0 Å². The summed E-state index contributed by atoms with van der Waals surface area (Å²) in [6, 6.07) is 43.7. The monoisotopic (exact) mass is 554 g/mol. The van der Waals surface area contributed by atoms with Crippen LogP contribution in [0.2, 0.25) is 0 Å². The van der Waals surface area contributed by atoms with Gasteiger partial charge in [-0.25, -0.2) is 9.97 Å². The van der Waals surface area contributed by atoms with Crippen LogP contribution in [-0.4, -0.2) is 9.97 Å². The number of rotatable bonds is 3. The molecule has 0 atom stereocenters. The van der Waals surface area contributed by atoms with Crippen molar-refractivity contribution in [2.75, 3.05) is 0 Å². The Balaban J connectivity index is 1.15. The summed E-state index contributed by atoms with van der Waals surface area (Å²) in [5, 5.41) is 5.95. The van der Waals surface area contributed by atoms with E-state index in [0.29, 0.717) is 5.71 Å². The highest BCUT2D eigenvalue weighted by molar-refractivity contribution is 7.26. The van der Waals surface area contributed by atoms with Crippen LogP contribution in [0.5, 0.6) is 0 Å². The third-order valence-corrected chi connectivity index (χ3v) is 9.44. The molecule has 4 heteroatoms. The number of furan rings is 1. The molecule has 3 nitrogen and oxygen atoms in total. The molecule has 9 rings (SSSR count). The lowest BCUT2D eigenvalue weighted by Crippen LogP contribution is -1.85.